The van der Waals surface area contributed by atoms with E-state index >= 15 is 0 Å². The number of hydrogen-bond acceptors (Lipinski definition) is 8. The Labute approximate surface area is 230 Å². The van der Waals surface area contributed by atoms with Crippen LogP contribution in [0.2, 0.25) is 5.02 Å². The Balaban J connectivity index is 1.72. The Hall–Kier alpha value is -2.80. The molecule has 1 amide bonds. The van der Waals surface area contributed by atoms with Gasteiger partial charge in [-0.2, -0.15) is 13.2 Å². The largest absolute Gasteiger partial charge is 0.481 e. The number of aliphatic hydroxyl groups is 1. The zero-order chi connectivity index (χ0) is 28.7. The molecule has 2 aromatic rings. The molecule has 1 aromatic heterocycles. The van der Waals surface area contributed by atoms with Gasteiger partial charge in [0.25, 0.3) is 0 Å². The SMILES string of the molecule is COc1nc2ccc(C(O)(/C(=C/N)N(C)N)C3CN(C(C)=O)C3)cc2c(Cl)c1CN1CCC(C(F)(F)F)CC1. The van der Waals surface area contributed by atoms with Gasteiger partial charge >= 0.3 is 6.18 Å². The number of likely N-dealkylation sites (N-methyl/N-ethyl adjacent to an activating group) is 1. The first-order valence-electron chi connectivity index (χ1n) is 12.7. The lowest BCUT2D eigenvalue weighted by molar-refractivity contribution is -0.185. The number of nitrogens with two attached hydrogens (primary N) is 2. The van der Waals surface area contributed by atoms with Gasteiger partial charge in [0.15, 0.2) is 0 Å². The summed E-state index contributed by atoms with van der Waals surface area (Å²) in [6, 6.07) is 5.12. The van der Waals surface area contributed by atoms with Gasteiger partial charge in [0.05, 0.1) is 29.3 Å². The highest BCUT2D eigenvalue weighted by atomic mass is 35.5. The van der Waals surface area contributed by atoms with Crippen molar-refractivity contribution in [3.05, 3.63) is 46.2 Å². The number of nitrogens with zero attached hydrogens (tertiary/aromatic N) is 4. The standard InChI is InChI=1S/C26H34ClF3N6O3/c1-15(37)36-12-18(13-36)25(38,22(11-31)34(2)32)17-4-5-21-19(10-17)23(27)20(24(33-21)39-3)14-35-8-6-16(7-9-35)26(28,29)30/h4-5,10-11,16,18,38H,6-9,12-14,31-32H2,1-3H3/b22-11-. The molecule has 2 saturated heterocycles. The minimum absolute atomic E-state index is 0.0150. The third-order valence-corrected chi connectivity index (χ3v) is 8.32. The van der Waals surface area contributed by atoms with Gasteiger partial charge in [0, 0.05) is 56.7 Å². The first-order chi connectivity index (χ1) is 18.3. The van der Waals surface area contributed by atoms with E-state index in [1.807, 2.05) is 4.90 Å². The van der Waals surface area contributed by atoms with Gasteiger partial charge in [-0.25, -0.2) is 10.8 Å². The first-order valence-corrected chi connectivity index (χ1v) is 13.0. The summed E-state index contributed by atoms with van der Waals surface area (Å²) in [4.78, 5) is 19.9. The summed E-state index contributed by atoms with van der Waals surface area (Å²) in [6.45, 7) is 2.88. The molecule has 0 bridgehead atoms. The number of rotatable bonds is 7. The maximum Gasteiger partial charge on any atom is 0.391 e. The number of alkyl halides is 3. The van der Waals surface area contributed by atoms with Crippen molar-refractivity contribution in [2.24, 2.45) is 23.4 Å². The molecule has 2 aliphatic rings. The quantitative estimate of drug-likeness (QED) is 0.343. The molecular weight excluding hydrogens is 537 g/mol. The fraction of sp³-hybridized carbons (Fsp3) is 0.538. The molecule has 0 spiro atoms. The van der Waals surface area contributed by atoms with Crippen molar-refractivity contribution in [2.75, 3.05) is 40.3 Å². The number of carbonyl (C=O) groups excluding carboxylic acids is 1. The minimum Gasteiger partial charge on any atom is -0.481 e. The Bertz CT molecular complexity index is 1260. The normalized spacial score (nSPS) is 19.6. The second-order valence-corrected chi connectivity index (χ2v) is 10.7. The van der Waals surface area contributed by atoms with Gasteiger partial charge in [0.2, 0.25) is 11.8 Å². The summed E-state index contributed by atoms with van der Waals surface area (Å²) in [5.74, 6) is 4.53. The summed E-state index contributed by atoms with van der Waals surface area (Å²) >= 11 is 6.90. The van der Waals surface area contributed by atoms with Crippen LogP contribution >= 0.6 is 11.6 Å². The molecule has 0 aliphatic carbocycles. The van der Waals surface area contributed by atoms with Gasteiger partial charge in [-0.1, -0.05) is 17.7 Å². The Morgan fingerprint density at radius 3 is 2.44 bits per heavy atom. The lowest BCUT2D eigenvalue weighted by atomic mass is 9.74. The van der Waals surface area contributed by atoms with Crippen LogP contribution < -0.4 is 16.3 Å². The molecule has 0 radical (unpaired) electrons. The number of benzene rings is 1. The molecule has 0 saturated carbocycles. The van der Waals surface area contributed by atoms with E-state index in [4.69, 9.17) is 27.9 Å². The number of piperidine rings is 1. The van der Waals surface area contributed by atoms with Gasteiger partial charge in [-0.15, -0.1) is 0 Å². The molecule has 2 aliphatic heterocycles. The number of ether oxygens (including phenoxy) is 1. The van der Waals surface area contributed by atoms with E-state index in [0.717, 1.165) is 0 Å². The van der Waals surface area contributed by atoms with Crippen molar-refractivity contribution >= 4 is 28.4 Å². The van der Waals surface area contributed by atoms with Gasteiger partial charge in [-0.05, 0) is 43.6 Å². The molecule has 4 rings (SSSR count). The number of pyridine rings is 1. The van der Waals surface area contributed by atoms with Gasteiger partial charge in [0.1, 0.15) is 5.60 Å². The van der Waals surface area contributed by atoms with E-state index < -0.39 is 17.7 Å². The van der Waals surface area contributed by atoms with Crippen molar-refractivity contribution in [3.8, 4) is 5.88 Å². The van der Waals surface area contributed by atoms with Crippen LogP contribution in [-0.2, 0) is 16.9 Å². The van der Waals surface area contributed by atoms with Crippen molar-refractivity contribution in [2.45, 2.75) is 38.1 Å². The van der Waals surface area contributed by atoms with Crippen LogP contribution in [0.25, 0.3) is 10.9 Å². The van der Waals surface area contributed by atoms with Crippen LogP contribution in [-0.4, -0.2) is 77.3 Å². The van der Waals surface area contributed by atoms with E-state index in [0.29, 0.717) is 40.1 Å². The molecule has 1 unspecified atom stereocenters. The Morgan fingerprint density at radius 2 is 1.92 bits per heavy atom. The number of hydrazine groups is 1. The molecule has 9 nitrogen and oxygen atoms in total. The van der Waals surface area contributed by atoms with E-state index in [-0.39, 0.29) is 55.9 Å². The van der Waals surface area contributed by atoms with E-state index in [2.05, 4.69) is 4.98 Å². The van der Waals surface area contributed by atoms with Crippen molar-refractivity contribution in [1.29, 1.82) is 0 Å². The lowest BCUT2D eigenvalue weighted by Crippen LogP contribution is -2.60. The van der Waals surface area contributed by atoms with E-state index in [9.17, 15) is 23.1 Å². The fourth-order valence-corrected chi connectivity index (χ4v) is 5.83. The summed E-state index contributed by atoms with van der Waals surface area (Å²) in [7, 11) is 3.02. The van der Waals surface area contributed by atoms with Crippen LogP contribution in [0.3, 0.4) is 0 Å². The molecule has 2 fully saturated rings. The highest BCUT2D eigenvalue weighted by Gasteiger charge is 2.50. The summed E-state index contributed by atoms with van der Waals surface area (Å²) in [5.41, 5.74) is 6.04. The zero-order valence-electron chi connectivity index (χ0n) is 22.1. The third kappa shape index (κ3) is 5.47. The van der Waals surface area contributed by atoms with Crippen LogP contribution in [0.4, 0.5) is 13.2 Å². The molecule has 5 N–H and O–H groups in total. The molecule has 13 heteroatoms. The maximum absolute atomic E-state index is 13.1. The average molecular weight is 571 g/mol. The maximum atomic E-state index is 13.1. The number of halogens is 4. The fourth-order valence-electron chi connectivity index (χ4n) is 5.53. The minimum atomic E-state index is -4.20. The number of amides is 1. The average Bonchev–Trinajstić information content (AvgIpc) is 2.84. The van der Waals surface area contributed by atoms with Crippen LogP contribution in [0.15, 0.2) is 30.1 Å². The Kier molecular flexibility index (Phi) is 8.23. The molecule has 1 aromatic carbocycles. The number of fused-ring (bicyclic) bond motifs is 1. The smallest absolute Gasteiger partial charge is 0.391 e. The number of methoxy groups -OCH3 is 1. The van der Waals surface area contributed by atoms with Crippen molar-refractivity contribution in [1.82, 2.24) is 19.8 Å². The lowest BCUT2D eigenvalue weighted by Gasteiger charge is -2.49. The predicted octanol–water partition coefficient (Wildman–Crippen LogP) is 2.94. The first kappa shape index (κ1) is 29.2. The second-order valence-electron chi connectivity index (χ2n) is 10.3. The summed E-state index contributed by atoms with van der Waals surface area (Å²) in [5, 5.41) is 14.2. The summed E-state index contributed by atoms with van der Waals surface area (Å²) < 4.78 is 44.9. The topological polar surface area (TPSA) is 121 Å². The van der Waals surface area contributed by atoms with Crippen LogP contribution in [0.1, 0.15) is 30.9 Å². The van der Waals surface area contributed by atoms with Gasteiger partial charge < -0.3 is 25.5 Å². The molecule has 1 atom stereocenters. The number of hydrogen-bond donors (Lipinski definition) is 3. The number of aromatic nitrogens is 1. The van der Waals surface area contributed by atoms with Crippen molar-refractivity contribution in [3.63, 3.8) is 0 Å². The second kappa shape index (κ2) is 11.0. The highest BCUT2D eigenvalue weighted by molar-refractivity contribution is 6.36. The monoisotopic (exact) mass is 570 g/mol. The highest BCUT2D eigenvalue weighted by Crippen LogP contribution is 2.44. The predicted molar refractivity (Wildman–Crippen MR) is 141 cm³/mol. The van der Waals surface area contributed by atoms with Crippen molar-refractivity contribution < 1.29 is 27.8 Å². The van der Waals surface area contributed by atoms with Crippen LogP contribution in [0.5, 0.6) is 5.88 Å². The molecular formula is C26H34ClF3N6O3. The van der Waals surface area contributed by atoms with E-state index in [1.54, 1.807) is 30.1 Å². The number of likely N-dealkylation sites (tertiary alicyclic amines) is 2. The number of carbonyl (C=O) groups is 1. The zero-order valence-corrected chi connectivity index (χ0v) is 22.9. The van der Waals surface area contributed by atoms with E-state index in [1.165, 1.54) is 25.2 Å². The molecule has 3 heterocycles. The van der Waals surface area contributed by atoms with Gasteiger partial charge in [-0.3, -0.25) is 9.69 Å². The summed E-state index contributed by atoms with van der Waals surface area (Å²) in [6.07, 6.45) is -2.93. The Morgan fingerprint density at radius 1 is 1.28 bits per heavy atom. The third-order valence-electron chi connectivity index (χ3n) is 7.89. The molecule has 39 heavy (non-hydrogen) atoms. The molecule has 214 valence electrons. The van der Waals surface area contributed by atoms with Crippen LogP contribution in [0, 0.1) is 11.8 Å².